The molecule has 0 aliphatic heterocycles. The van der Waals surface area contributed by atoms with E-state index >= 15 is 0 Å². The van der Waals surface area contributed by atoms with Crippen LogP contribution in [0.25, 0.3) is 5.69 Å². The van der Waals surface area contributed by atoms with E-state index in [1.54, 1.807) is 6.07 Å². The molecule has 0 atom stereocenters. The molecule has 96 valence electrons. The van der Waals surface area contributed by atoms with Crippen LogP contribution in [0.2, 0.25) is 0 Å². The van der Waals surface area contributed by atoms with Crippen molar-refractivity contribution in [2.75, 3.05) is 6.54 Å². The van der Waals surface area contributed by atoms with Gasteiger partial charge in [0.25, 0.3) is 0 Å². The summed E-state index contributed by atoms with van der Waals surface area (Å²) in [6, 6.07) is 4.23. The van der Waals surface area contributed by atoms with Crippen LogP contribution < -0.4 is 5.73 Å². The average Bonchev–Trinajstić information content (AvgIpc) is 2.81. The maximum atomic E-state index is 13.0. The van der Waals surface area contributed by atoms with Crippen molar-refractivity contribution >= 4 is 0 Å². The van der Waals surface area contributed by atoms with Crippen LogP contribution >= 0.6 is 0 Å². The molecule has 0 spiro atoms. The highest BCUT2D eigenvalue weighted by atomic mass is 19.4. The van der Waals surface area contributed by atoms with Gasteiger partial charge in [0, 0.05) is 12.4 Å². The van der Waals surface area contributed by atoms with Gasteiger partial charge in [-0.3, -0.25) is 0 Å². The van der Waals surface area contributed by atoms with Crippen molar-refractivity contribution < 1.29 is 13.2 Å². The lowest BCUT2D eigenvalue weighted by Crippen LogP contribution is -2.12. The fourth-order valence-corrected chi connectivity index (χ4v) is 1.76. The minimum atomic E-state index is -4.40. The molecule has 1 heterocycles. The third-order valence-electron chi connectivity index (χ3n) is 2.58. The predicted octanol–water partition coefficient (Wildman–Crippen LogP) is 2.39. The van der Waals surface area contributed by atoms with Crippen LogP contribution in [0.5, 0.6) is 0 Å². The summed E-state index contributed by atoms with van der Waals surface area (Å²) in [4.78, 5) is 3.76. The van der Waals surface area contributed by atoms with Crippen LogP contribution in [0.3, 0.4) is 0 Å². The van der Waals surface area contributed by atoms with E-state index in [0.717, 1.165) is 6.07 Å². The van der Waals surface area contributed by atoms with Gasteiger partial charge in [0.15, 0.2) is 0 Å². The van der Waals surface area contributed by atoms with Crippen LogP contribution in [0, 0.1) is 0 Å². The van der Waals surface area contributed by atoms with E-state index in [4.69, 9.17) is 5.73 Å². The Morgan fingerprint density at radius 1 is 1.28 bits per heavy atom. The van der Waals surface area contributed by atoms with Crippen LogP contribution in [0.4, 0.5) is 13.2 Å². The minimum Gasteiger partial charge on any atom is -0.330 e. The normalized spacial score (nSPS) is 11.8. The van der Waals surface area contributed by atoms with Gasteiger partial charge in [-0.15, -0.1) is 0 Å². The Hall–Kier alpha value is -1.82. The Morgan fingerprint density at radius 3 is 2.61 bits per heavy atom. The van der Waals surface area contributed by atoms with Crippen molar-refractivity contribution in [1.82, 2.24) is 9.55 Å². The van der Waals surface area contributed by atoms with Crippen molar-refractivity contribution in [2.24, 2.45) is 5.73 Å². The molecule has 0 unspecified atom stereocenters. The van der Waals surface area contributed by atoms with Crippen molar-refractivity contribution in [3.8, 4) is 5.69 Å². The zero-order valence-corrected chi connectivity index (χ0v) is 9.48. The third-order valence-corrected chi connectivity index (χ3v) is 2.58. The summed E-state index contributed by atoms with van der Waals surface area (Å²) in [5.74, 6) is 0. The van der Waals surface area contributed by atoms with Gasteiger partial charge < -0.3 is 10.3 Å². The SMILES string of the molecule is NCCc1ccc(-n2ccnc2)c(C(F)(F)F)c1. The van der Waals surface area contributed by atoms with E-state index in [9.17, 15) is 13.2 Å². The summed E-state index contributed by atoms with van der Waals surface area (Å²) in [5.41, 5.74) is 5.33. The van der Waals surface area contributed by atoms with E-state index in [1.165, 1.54) is 29.4 Å². The molecule has 6 heteroatoms. The molecule has 3 nitrogen and oxygen atoms in total. The van der Waals surface area contributed by atoms with Gasteiger partial charge in [0.2, 0.25) is 0 Å². The molecule has 0 aliphatic carbocycles. The first-order chi connectivity index (χ1) is 8.52. The van der Waals surface area contributed by atoms with Gasteiger partial charge in [0.05, 0.1) is 17.6 Å². The first-order valence-corrected chi connectivity index (χ1v) is 5.41. The highest BCUT2D eigenvalue weighted by Crippen LogP contribution is 2.34. The number of nitrogens with zero attached hydrogens (tertiary/aromatic N) is 2. The van der Waals surface area contributed by atoms with Crippen LogP contribution in [-0.2, 0) is 12.6 Å². The van der Waals surface area contributed by atoms with Crippen LogP contribution in [0.1, 0.15) is 11.1 Å². The van der Waals surface area contributed by atoms with Gasteiger partial charge in [0.1, 0.15) is 0 Å². The van der Waals surface area contributed by atoms with E-state index < -0.39 is 11.7 Å². The Labute approximate surface area is 102 Å². The second-order valence-electron chi connectivity index (χ2n) is 3.86. The fourth-order valence-electron chi connectivity index (χ4n) is 1.76. The molecule has 0 saturated carbocycles. The summed E-state index contributed by atoms with van der Waals surface area (Å²) >= 11 is 0. The number of aromatic nitrogens is 2. The van der Waals surface area contributed by atoms with E-state index in [2.05, 4.69) is 4.98 Å². The lowest BCUT2D eigenvalue weighted by Gasteiger charge is -2.14. The molecule has 0 aliphatic rings. The molecule has 0 radical (unpaired) electrons. The smallest absolute Gasteiger partial charge is 0.330 e. The highest BCUT2D eigenvalue weighted by Gasteiger charge is 2.34. The molecule has 0 saturated heterocycles. The lowest BCUT2D eigenvalue weighted by molar-refractivity contribution is -0.137. The van der Waals surface area contributed by atoms with Crippen LogP contribution in [-0.4, -0.2) is 16.1 Å². The van der Waals surface area contributed by atoms with Gasteiger partial charge in [-0.2, -0.15) is 13.2 Å². The Balaban J connectivity index is 2.53. The van der Waals surface area contributed by atoms with E-state index in [0.29, 0.717) is 18.5 Å². The standard InChI is InChI=1S/C12H12F3N3/c13-12(14,15)10-7-9(3-4-16)1-2-11(10)18-6-5-17-8-18/h1-2,5-8H,3-4,16H2. The van der Waals surface area contributed by atoms with Gasteiger partial charge in [-0.1, -0.05) is 6.07 Å². The predicted molar refractivity (Wildman–Crippen MR) is 61.3 cm³/mol. The highest BCUT2D eigenvalue weighted by molar-refractivity contribution is 5.45. The third kappa shape index (κ3) is 2.53. The maximum Gasteiger partial charge on any atom is 0.418 e. The monoisotopic (exact) mass is 255 g/mol. The molecule has 0 bridgehead atoms. The molecule has 2 aromatic rings. The number of benzene rings is 1. The van der Waals surface area contributed by atoms with E-state index in [-0.39, 0.29) is 5.69 Å². The average molecular weight is 255 g/mol. The number of alkyl halides is 3. The topological polar surface area (TPSA) is 43.8 Å². The molecule has 0 amide bonds. The summed E-state index contributed by atoms with van der Waals surface area (Å²) in [5, 5.41) is 0. The second-order valence-corrected chi connectivity index (χ2v) is 3.86. The van der Waals surface area contributed by atoms with Crippen molar-refractivity contribution in [2.45, 2.75) is 12.6 Å². The number of imidazole rings is 1. The van der Waals surface area contributed by atoms with Crippen molar-refractivity contribution in [1.29, 1.82) is 0 Å². The number of hydrogen-bond donors (Lipinski definition) is 1. The second kappa shape index (κ2) is 4.81. The minimum absolute atomic E-state index is 0.0702. The van der Waals surface area contributed by atoms with Gasteiger partial charge >= 0.3 is 6.18 Å². The van der Waals surface area contributed by atoms with Crippen molar-refractivity contribution in [3.05, 3.63) is 48.0 Å². The molecule has 2 rings (SSSR count). The lowest BCUT2D eigenvalue weighted by atomic mass is 10.1. The van der Waals surface area contributed by atoms with Gasteiger partial charge in [-0.05, 0) is 30.7 Å². The molecular weight excluding hydrogens is 243 g/mol. The largest absolute Gasteiger partial charge is 0.418 e. The summed E-state index contributed by atoms with van der Waals surface area (Å²) in [6.07, 6.45) is 0.284. The molecule has 18 heavy (non-hydrogen) atoms. The van der Waals surface area contributed by atoms with E-state index in [1.807, 2.05) is 0 Å². The number of nitrogens with two attached hydrogens (primary N) is 1. The number of hydrogen-bond acceptors (Lipinski definition) is 2. The molecule has 0 fully saturated rings. The zero-order valence-electron chi connectivity index (χ0n) is 9.48. The number of rotatable bonds is 3. The molecule has 1 aromatic heterocycles. The zero-order chi connectivity index (χ0) is 13.2. The summed E-state index contributed by atoms with van der Waals surface area (Å²) < 4.78 is 40.3. The Morgan fingerprint density at radius 2 is 2.06 bits per heavy atom. The Bertz CT molecular complexity index is 518. The maximum absolute atomic E-state index is 13.0. The summed E-state index contributed by atoms with van der Waals surface area (Å²) in [6.45, 7) is 0.321. The fraction of sp³-hybridized carbons (Fsp3) is 0.250. The first kappa shape index (κ1) is 12.6. The quantitative estimate of drug-likeness (QED) is 0.915. The van der Waals surface area contributed by atoms with Crippen LogP contribution in [0.15, 0.2) is 36.9 Å². The number of halogens is 3. The van der Waals surface area contributed by atoms with Gasteiger partial charge in [-0.25, -0.2) is 4.98 Å². The van der Waals surface area contributed by atoms with Crippen molar-refractivity contribution in [3.63, 3.8) is 0 Å². The molecule has 1 aromatic carbocycles. The summed E-state index contributed by atoms with van der Waals surface area (Å²) in [7, 11) is 0. The Kier molecular flexibility index (Phi) is 3.38. The molecular formula is C12H12F3N3. The molecule has 2 N–H and O–H groups in total. The first-order valence-electron chi connectivity index (χ1n) is 5.41.